The molecule has 1 N–H and O–H groups in total. The molecule has 1 aliphatic heterocycles. The first-order chi connectivity index (χ1) is 7.25. The lowest BCUT2D eigenvalue weighted by Crippen LogP contribution is -2.15. The van der Waals surface area contributed by atoms with Gasteiger partial charge in [0.1, 0.15) is 0 Å². The van der Waals surface area contributed by atoms with Crippen LogP contribution in [0.3, 0.4) is 0 Å². The highest BCUT2D eigenvalue weighted by molar-refractivity contribution is 5.91. The molecular formula is C13H13NO. The van der Waals surface area contributed by atoms with Gasteiger partial charge < -0.3 is 5.32 Å². The Labute approximate surface area is 89.3 Å². The summed E-state index contributed by atoms with van der Waals surface area (Å²) in [5, 5.41) is 2.74. The number of nitrogens with one attached hydrogen (secondary N) is 1. The number of rotatable bonds is 1. The molecule has 0 unspecified atom stereocenters. The summed E-state index contributed by atoms with van der Waals surface area (Å²) in [5.74, 6) is 0.0435. The van der Waals surface area contributed by atoms with Crippen molar-refractivity contribution in [3.8, 4) is 0 Å². The number of amides is 1. The van der Waals surface area contributed by atoms with Crippen molar-refractivity contribution < 1.29 is 4.79 Å². The second-order valence-electron chi connectivity index (χ2n) is 3.67. The van der Waals surface area contributed by atoms with Crippen LogP contribution in [0.5, 0.6) is 0 Å². The number of carbonyl (C=O) groups is 1. The van der Waals surface area contributed by atoms with Crippen molar-refractivity contribution in [2.45, 2.75) is 13.3 Å². The van der Waals surface area contributed by atoms with Gasteiger partial charge in [-0.15, -0.1) is 0 Å². The monoisotopic (exact) mass is 199 g/mol. The van der Waals surface area contributed by atoms with Gasteiger partial charge in [-0.25, -0.2) is 0 Å². The molecule has 0 radical (unpaired) electrons. The van der Waals surface area contributed by atoms with Crippen LogP contribution in [0.25, 0.3) is 5.57 Å². The van der Waals surface area contributed by atoms with Gasteiger partial charge in [-0.3, -0.25) is 4.79 Å². The zero-order chi connectivity index (χ0) is 10.7. The van der Waals surface area contributed by atoms with Crippen LogP contribution in [0, 0.1) is 0 Å². The normalized spacial score (nSPS) is 16.2. The molecule has 0 aromatic heterocycles. The van der Waals surface area contributed by atoms with Crippen molar-refractivity contribution >= 4 is 11.5 Å². The van der Waals surface area contributed by atoms with E-state index in [2.05, 4.69) is 5.32 Å². The van der Waals surface area contributed by atoms with Crippen molar-refractivity contribution in [2.24, 2.45) is 0 Å². The van der Waals surface area contributed by atoms with Crippen LogP contribution < -0.4 is 5.32 Å². The Morgan fingerprint density at radius 1 is 1.20 bits per heavy atom. The van der Waals surface area contributed by atoms with Gasteiger partial charge in [0.25, 0.3) is 0 Å². The van der Waals surface area contributed by atoms with Crippen LogP contribution in [0.2, 0.25) is 0 Å². The minimum atomic E-state index is 0.0435. The Hall–Kier alpha value is -1.83. The third-order valence-corrected chi connectivity index (χ3v) is 2.36. The van der Waals surface area contributed by atoms with E-state index in [9.17, 15) is 4.79 Å². The van der Waals surface area contributed by atoms with Gasteiger partial charge >= 0.3 is 0 Å². The van der Waals surface area contributed by atoms with Crippen molar-refractivity contribution in [3.05, 3.63) is 53.7 Å². The van der Waals surface area contributed by atoms with Crippen LogP contribution >= 0.6 is 0 Å². The zero-order valence-electron chi connectivity index (χ0n) is 8.66. The third-order valence-electron chi connectivity index (χ3n) is 2.36. The molecule has 1 aliphatic rings. The van der Waals surface area contributed by atoms with Gasteiger partial charge in [0.15, 0.2) is 0 Å². The Morgan fingerprint density at radius 2 is 1.93 bits per heavy atom. The number of benzene rings is 1. The van der Waals surface area contributed by atoms with E-state index in [-0.39, 0.29) is 5.91 Å². The van der Waals surface area contributed by atoms with Crippen LogP contribution in [-0.4, -0.2) is 5.91 Å². The fourth-order valence-corrected chi connectivity index (χ4v) is 1.62. The highest BCUT2D eigenvalue weighted by Crippen LogP contribution is 2.21. The van der Waals surface area contributed by atoms with E-state index < -0.39 is 0 Å². The van der Waals surface area contributed by atoms with Crippen molar-refractivity contribution in [1.29, 1.82) is 0 Å². The van der Waals surface area contributed by atoms with E-state index in [0.717, 1.165) is 16.7 Å². The third kappa shape index (κ3) is 2.34. The first-order valence-corrected chi connectivity index (χ1v) is 4.98. The SMILES string of the molecule is CC1=CNC(=O)CC(c2ccccc2)=C1. The lowest BCUT2D eigenvalue weighted by molar-refractivity contribution is -0.119. The molecule has 76 valence electrons. The lowest BCUT2D eigenvalue weighted by Gasteiger charge is -2.04. The van der Waals surface area contributed by atoms with Gasteiger partial charge in [0.05, 0.1) is 6.42 Å². The average molecular weight is 199 g/mol. The maximum atomic E-state index is 11.4. The second-order valence-corrected chi connectivity index (χ2v) is 3.67. The maximum Gasteiger partial charge on any atom is 0.228 e. The van der Waals surface area contributed by atoms with E-state index in [0.29, 0.717) is 6.42 Å². The fourth-order valence-electron chi connectivity index (χ4n) is 1.62. The van der Waals surface area contributed by atoms with Crippen molar-refractivity contribution in [3.63, 3.8) is 0 Å². The molecule has 2 rings (SSSR count). The van der Waals surface area contributed by atoms with E-state index in [1.54, 1.807) is 6.20 Å². The summed E-state index contributed by atoms with van der Waals surface area (Å²) >= 11 is 0. The molecule has 15 heavy (non-hydrogen) atoms. The molecule has 0 saturated carbocycles. The minimum absolute atomic E-state index is 0.0435. The summed E-state index contributed by atoms with van der Waals surface area (Å²) in [6, 6.07) is 10.00. The minimum Gasteiger partial charge on any atom is -0.332 e. The summed E-state index contributed by atoms with van der Waals surface area (Å²) < 4.78 is 0. The summed E-state index contributed by atoms with van der Waals surface area (Å²) in [7, 11) is 0. The summed E-state index contributed by atoms with van der Waals surface area (Å²) in [6.45, 7) is 1.98. The summed E-state index contributed by atoms with van der Waals surface area (Å²) in [6.07, 6.45) is 4.24. The average Bonchev–Trinajstić information content (AvgIpc) is 2.42. The van der Waals surface area contributed by atoms with E-state index in [1.165, 1.54) is 0 Å². The number of hydrogen-bond donors (Lipinski definition) is 1. The molecule has 1 heterocycles. The molecule has 1 aromatic carbocycles. The molecule has 0 fully saturated rings. The van der Waals surface area contributed by atoms with Gasteiger partial charge in [0.2, 0.25) is 5.91 Å². The molecule has 0 spiro atoms. The highest BCUT2D eigenvalue weighted by Gasteiger charge is 2.09. The first-order valence-electron chi connectivity index (χ1n) is 4.98. The second kappa shape index (κ2) is 4.13. The van der Waals surface area contributed by atoms with Crippen LogP contribution in [0.4, 0.5) is 0 Å². The van der Waals surface area contributed by atoms with Gasteiger partial charge in [-0.2, -0.15) is 0 Å². The number of carbonyl (C=O) groups excluding carboxylic acids is 1. The van der Waals surface area contributed by atoms with Crippen LogP contribution in [0.1, 0.15) is 18.9 Å². The van der Waals surface area contributed by atoms with E-state index in [4.69, 9.17) is 0 Å². The molecule has 2 nitrogen and oxygen atoms in total. The molecule has 0 saturated heterocycles. The van der Waals surface area contributed by atoms with Crippen molar-refractivity contribution in [2.75, 3.05) is 0 Å². The predicted molar refractivity (Wildman–Crippen MR) is 60.9 cm³/mol. The molecule has 1 amide bonds. The molecular weight excluding hydrogens is 186 g/mol. The summed E-state index contributed by atoms with van der Waals surface area (Å²) in [4.78, 5) is 11.4. The molecule has 1 aromatic rings. The van der Waals surface area contributed by atoms with Crippen molar-refractivity contribution in [1.82, 2.24) is 5.32 Å². The molecule has 2 heteroatoms. The number of allylic oxidation sites excluding steroid dienone is 2. The topological polar surface area (TPSA) is 29.1 Å². The van der Waals surface area contributed by atoms with E-state index in [1.807, 2.05) is 43.3 Å². The lowest BCUT2D eigenvalue weighted by atomic mass is 10.0. The molecule has 0 atom stereocenters. The first kappa shape index (κ1) is 9.71. The smallest absolute Gasteiger partial charge is 0.228 e. The Bertz CT molecular complexity index is 429. The predicted octanol–water partition coefficient (Wildman–Crippen LogP) is 2.49. The zero-order valence-corrected chi connectivity index (χ0v) is 8.66. The number of hydrogen-bond acceptors (Lipinski definition) is 1. The molecule has 0 aliphatic carbocycles. The summed E-state index contributed by atoms with van der Waals surface area (Å²) in [5.41, 5.74) is 3.25. The van der Waals surface area contributed by atoms with E-state index >= 15 is 0 Å². The van der Waals surface area contributed by atoms with Gasteiger partial charge in [0, 0.05) is 6.20 Å². The van der Waals surface area contributed by atoms with Gasteiger partial charge in [-0.05, 0) is 23.6 Å². The largest absolute Gasteiger partial charge is 0.332 e. The Morgan fingerprint density at radius 3 is 2.67 bits per heavy atom. The Balaban J connectivity index is 2.36. The quantitative estimate of drug-likeness (QED) is 0.739. The maximum absolute atomic E-state index is 11.4. The fraction of sp³-hybridized carbons (Fsp3) is 0.154. The van der Waals surface area contributed by atoms with Crippen LogP contribution in [0.15, 0.2) is 48.2 Å². The van der Waals surface area contributed by atoms with Gasteiger partial charge in [-0.1, -0.05) is 36.4 Å². The van der Waals surface area contributed by atoms with Crippen LogP contribution in [-0.2, 0) is 4.79 Å². The molecule has 0 bridgehead atoms. The Kier molecular flexibility index (Phi) is 2.68. The highest BCUT2D eigenvalue weighted by atomic mass is 16.1. The standard InChI is InChI=1S/C13H13NO/c1-10-7-12(8-13(15)14-9-10)11-5-3-2-4-6-11/h2-7,9H,8H2,1H3,(H,14,15).